The maximum Gasteiger partial charge on any atom is 0.514 e. The summed E-state index contributed by atoms with van der Waals surface area (Å²) in [4.78, 5) is 22.5. The number of carboxylic acid groups (broad SMARTS) is 1. The van der Waals surface area contributed by atoms with Crippen molar-refractivity contribution < 1.29 is 19.2 Å². The van der Waals surface area contributed by atoms with E-state index in [4.69, 9.17) is 5.73 Å². The normalized spacial score (nSPS) is 20.7. The molecule has 0 spiro atoms. The average molecular weight is 201 g/mol. The number of quaternary nitrogens is 1. The zero-order chi connectivity index (χ0) is 11.0. The summed E-state index contributed by atoms with van der Waals surface area (Å²) in [6, 6.07) is 0. The van der Waals surface area contributed by atoms with Crippen molar-refractivity contribution in [1.82, 2.24) is 0 Å². The smallest absolute Gasteiger partial charge is 0.435 e. The Morgan fingerprint density at radius 3 is 2.00 bits per heavy atom. The first-order valence-corrected chi connectivity index (χ1v) is 4.75. The molecule has 0 radical (unpaired) electrons. The lowest BCUT2D eigenvalue weighted by Gasteiger charge is -2.39. The second kappa shape index (κ2) is 3.24. The number of primary amides is 1. The van der Waals surface area contributed by atoms with Gasteiger partial charge in [-0.2, -0.15) is 4.79 Å². The monoisotopic (exact) mass is 201 g/mol. The Bertz CT molecular complexity index is 267. The van der Waals surface area contributed by atoms with E-state index in [-0.39, 0.29) is 4.48 Å². The zero-order valence-corrected chi connectivity index (χ0v) is 8.62. The molecular formula is C9H17N2O3+. The molecule has 0 saturated carbocycles. The molecule has 0 unspecified atom stereocenters. The topological polar surface area (TPSA) is 80.4 Å². The van der Waals surface area contributed by atoms with Crippen LogP contribution in [0.5, 0.6) is 0 Å². The molecule has 0 bridgehead atoms. The van der Waals surface area contributed by atoms with Gasteiger partial charge in [0.1, 0.15) is 0 Å². The Balaban J connectivity index is 3.11. The van der Waals surface area contributed by atoms with Crippen LogP contribution in [-0.4, -0.2) is 40.2 Å². The number of amides is 2. The fourth-order valence-corrected chi connectivity index (χ4v) is 2.08. The lowest BCUT2D eigenvalue weighted by molar-refractivity contribution is -0.883. The van der Waals surface area contributed by atoms with Crippen LogP contribution in [0.3, 0.4) is 0 Å². The molecule has 0 aromatic heterocycles. The lowest BCUT2D eigenvalue weighted by Crippen LogP contribution is -2.67. The Kier molecular flexibility index (Phi) is 2.54. The van der Waals surface area contributed by atoms with Crippen molar-refractivity contribution in [2.24, 2.45) is 5.73 Å². The van der Waals surface area contributed by atoms with Crippen molar-refractivity contribution in [2.75, 3.05) is 13.1 Å². The van der Waals surface area contributed by atoms with Crippen molar-refractivity contribution in [3.8, 4) is 0 Å². The van der Waals surface area contributed by atoms with E-state index < -0.39 is 17.5 Å². The van der Waals surface area contributed by atoms with Gasteiger partial charge in [0.15, 0.2) is 5.54 Å². The SMILES string of the molecule is CC(C)(C(N)=O)[N+]1(C(=O)O)CCCC1. The lowest BCUT2D eigenvalue weighted by atomic mass is 9.99. The van der Waals surface area contributed by atoms with Crippen molar-refractivity contribution >= 4 is 12.0 Å². The van der Waals surface area contributed by atoms with E-state index in [1.165, 1.54) is 0 Å². The molecule has 0 atom stereocenters. The molecule has 1 rings (SSSR count). The van der Waals surface area contributed by atoms with Gasteiger partial charge in [0.25, 0.3) is 5.91 Å². The zero-order valence-electron chi connectivity index (χ0n) is 8.62. The highest BCUT2D eigenvalue weighted by Gasteiger charge is 2.55. The summed E-state index contributed by atoms with van der Waals surface area (Å²) in [5, 5.41) is 9.21. The molecule has 0 aromatic rings. The predicted octanol–water partition coefficient (Wildman–Crippen LogP) is 0.539. The van der Waals surface area contributed by atoms with Crippen LogP contribution >= 0.6 is 0 Å². The highest BCUT2D eigenvalue weighted by Crippen LogP contribution is 2.31. The van der Waals surface area contributed by atoms with Gasteiger partial charge in [-0.25, -0.2) is 4.48 Å². The Morgan fingerprint density at radius 1 is 1.29 bits per heavy atom. The Morgan fingerprint density at radius 2 is 1.71 bits per heavy atom. The molecule has 3 N–H and O–H groups in total. The first-order valence-electron chi connectivity index (χ1n) is 4.75. The predicted molar refractivity (Wildman–Crippen MR) is 50.5 cm³/mol. The largest absolute Gasteiger partial charge is 0.514 e. The maximum absolute atomic E-state index is 11.3. The molecule has 5 heteroatoms. The van der Waals surface area contributed by atoms with Crippen LogP contribution in [0.2, 0.25) is 0 Å². The van der Waals surface area contributed by atoms with Gasteiger partial charge in [-0.05, 0) is 0 Å². The minimum Gasteiger partial charge on any atom is -0.435 e. The van der Waals surface area contributed by atoms with Gasteiger partial charge in [-0.1, -0.05) is 0 Å². The van der Waals surface area contributed by atoms with E-state index in [0.29, 0.717) is 13.1 Å². The summed E-state index contributed by atoms with van der Waals surface area (Å²) in [6.07, 6.45) is 0.720. The van der Waals surface area contributed by atoms with Gasteiger partial charge in [0.2, 0.25) is 0 Å². The van der Waals surface area contributed by atoms with Crippen LogP contribution in [0.4, 0.5) is 4.79 Å². The molecule has 1 aliphatic rings. The summed E-state index contributed by atoms with van der Waals surface area (Å²) in [6.45, 7) is 4.19. The summed E-state index contributed by atoms with van der Waals surface area (Å²) in [5.74, 6) is -0.554. The van der Waals surface area contributed by atoms with E-state index in [1.807, 2.05) is 0 Å². The number of hydrogen-bond donors (Lipinski definition) is 2. The van der Waals surface area contributed by atoms with Crippen molar-refractivity contribution in [3.05, 3.63) is 0 Å². The molecule has 0 aromatic carbocycles. The number of likely N-dealkylation sites (tertiary alicyclic amines) is 1. The van der Waals surface area contributed by atoms with Crippen molar-refractivity contribution in [2.45, 2.75) is 32.2 Å². The van der Waals surface area contributed by atoms with Crippen LogP contribution in [0.25, 0.3) is 0 Å². The van der Waals surface area contributed by atoms with E-state index in [0.717, 1.165) is 12.8 Å². The summed E-state index contributed by atoms with van der Waals surface area (Å²) in [7, 11) is 0. The van der Waals surface area contributed by atoms with Crippen molar-refractivity contribution in [1.29, 1.82) is 0 Å². The molecule has 80 valence electrons. The third-order valence-electron chi connectivity index (χ3n) is 3.37. The van der Waals surface area contributed by atoms with Crippen LogP contribution in [0.1, 0.15) is 26.7 Å². The molecule has 5 nitrogen and oxygen atoms in total. The highest BCUT2D eigenvalue weighted by atomic mass is 16.4. The maximum atomic E-state index is 11.3. The average Bonchev–Trinajstić information content (AvgIpc) is 2.52. The number of nitrogens with zero attached hydrogens (tertiary/aromatic N) is 1. The Hall–Kier alpha value is -1.10. The van der Waals surface area contributed by atoms with Gasteiger partial charge in [0, 0.05) is 26.7 Å². The minimum atomic E-state index is -1.03. The Labute approximate surface area is 83.1 Å². The molecule has 14 heavy (non-hydrogen) atoms. The van der Waals surface area contributed by atoms with E-state index in [1.54, 1.807) is 13.8 Å². The van der Waals surface area contributed by atoms with Gasteiger partial charge in [0.05, 0.1) is 13.1 Å². The second-order valence-electron chi connectivity index (χ2n) is 4.33. The number of rotatable bonds is 2. The van der Waals surface area contributed by atoms with Gasteiger partial charge >= 0.3 is 6.09 Å². The fourth-order valence-electron chi connectivity index (χ4n) is 2.08. The van der Waals surface area contributed by atoms with E-state index in [9.17, 15) is 14.7 Å². The number of carbonyl (C=O) groups is 2. The highest BCUT2D eigenvalue weighted by molar-refractivity contribution is 5.84. The van der Waals surface area contributed by atoms with Crippen LogP contribution in [-0.2, 0) is 4.79 Å². The number of carbonyl (C=O) groups excluding carboxylic acids is 1. The molecular weight excluding hydrogens is 184 g/mol. The third kappa shape index (κ3) is 1.28. The van der Waals surface area contributed by atoms with Crippen molar-refractivity contribution in [3.63, 3.8) is 0 Å². The number of nitrogens with two attached hydrogens (primary N) is 1. The summed E-state index contributed by atoms with van der Waals surface area (Å²) < 4.78 is -0.220. The van der Waals surface area contributed by atoms with Gasteiger partial charge in [-0.3, -0.25) is 4.79 Å². The molecule has 0 aliphatic carbocycles. The molecule has 1 saturated heterocycles. The van der Waals surface area contributed by atoms with Gasteiger partial charge < -0.3 is 10.8 Å². The first-order chi connectivity index (χ1) is 6.34. The van der Waals surface area contributed by atoms with Gasteiger partial charge in [-0.15, -0.1) is 0 Å². The number of hydrogen-bond acceptors (Lipinski definition) is 2. The second-order valence-corrected chi connectivity index (χ2v) is 4.33. The minimum absolute atomic E-state index is 0.220. The summed E-state index contributed by atoms with van der Waals surface area (Å²) >= 11 is 0. The van der Waals surface area contributed by atoms with Crippen LogP contribution in [0.15, 0.2) is 0 Å². The summed E-state index contributed by atoms with van der Waals surface area (Å²) in [5.41, 5.74) is 4.23. The molecule has 1 heterocycles. The quantitative estimate of drug-likeness (QED) is 0.640. The molecule has 2 amide bonds. The third-order valence-corrected chi connectivity index (χ3v) is 3.37. The molecule has 1 aliphatic heterocycles. The van der Waals surface area contributed by atoms with E-state index >= 15 is 0 Å². The fraction of sp³-hybridized carbons (Fsp3) is 0.778. The molecule has 1 fully saturated rings. The van der Waals surface area contributed by atoms with E-state index in [2.05, 4.69) is 0 Å². The first kappa shape index (κ1) is 11.0. The van der Waals surface area contributed by atoms with Crippen LogP contribution in [0, 0.1) is 0 Å². The standard InChI is InChI=1S/C9H16N2O3/c1-9(2,7(10)12)11(8(13)14)5-3-4-6-11/h3-6H2,1-2H3,(H2-,10,12,13,14)/p+1. The van der Waals surface area contributed by atoms with Crippen LogP contribution < -0.4 is 5.73 Å².